The highest BCUT2D eigenvalue weighted by atomic mass is 32.2. The molecule has 0 aromatic carbocycles. The predicted octanol–water partition coefficient (Wildman–Crippen LogP) is 2.83. The van der Waals surface area contributed by atoms with Crippen LogP contribution in [-0.4, -0.2) is 49.1 Å². The van der Waals surface area contributed by atoms with Crippen LogP contribution in [0.5, 0.6) is 0 Å². The van der Waals surface area contributed by atoms with Crippen LogP contribution in [0.4, 0.5) is 0 Å². The first-order chi connectivity index (χ1) is 11.8. The molecule has 0 aliphatic carbocycles. The fourth-order valence-corrected chi connectivity index (χ4v) is 5.34. The van der Waals surface area contributed by atoms with Crippen molar-refractivity contribution in [1.82, 2.24) is 14.6 Å². The summed E-state index contributed by atoms with van der Waals surface area (Å²) < 4.78 is 27.8. The Morgan fingerprint density at radius 2 is 1.96 bits per heavy atom. The van der Waals surface area contributed by atoms with Crippen LogP contribution >= 0.6 is 0 Å². The van der Waals surface area contributed by atoms with Crippen LogP contribution in [0.25, 0.3) is 0 Å². The Kier molecular flexibility index (Phi) is 7.40. The molecule has 0 bridgehead atoms. The Morgan fingerprint density at radius 1 is 1.24 bits per heavy atom. The second-order valence-electron chi connectivity index (χ2n) is 8.14. The maximum atomic E-state index is 13.0. The average Bonchev–Trinajstić information content (AvgIpc) is 2.58. The molecule has 0 radical (unpaired) electrons. The van der Waals surface area contributed by atoms with Gasteiger partial charge in [-0.1, -0.05) is 26.8 Å². The van der Waals surface area contributed by atoms with E-state index in [0.717, 1.165) is 44.5 Å². The number of hydrogen-bond acceptors (Lipinski definition) is 4. The largest absolute Gasteiger partial charge is 0.317 e. The number of nitrogens with zero attached hydrogens (tertiary/aromatic N) is 2. The van der Waals surface area contributed by atoms with E-state index in [0.29, 0.717) is 13.0 Å². The Morgan fingerprint density at radius 3 is 2.56 bits per heavy atom. The third-order valence-corrected chi connectivity index (χ3v) is 6.64. The summed E-state index contributed by atoms with van der Waals surface area (Å²) in [7, 11) is -3.22. The SMILES string of the molecule is CC(C)(C)CCS(=O)(=O)N(CCCc1ccccn1)C1CCNCC1. The minimum atomic E-state index is -3.22. The normalized spacial score (nSPS) is 17.1. The average molecular weight is 368 g/mol. The van der Waals surface area contributed by atoms with Gasteiger partial charge in [0, 0.05) is 24.5 Å². The van der Waals surface area contributed by atoms with E-state index in [1.54, 1.807) is 10.5 Å². The molecule has 2 rings (SSSR count). The van der Waals surface area contributed by atoms with Crippen molar-refractivity contribution in [2.75, 3.05) is 25.4 Å². The highest BCUT2D eigenvalue weighted by molar-refractivity contribution is 7.89. The number of piperidine rings is 1. The van der Waals surface area contributed by atoms with E-state index >= 15 is 0 Å². The molecule has 6 heteroatoms. The summed E-state index contributed by atoms with van der Waals surface area (Å²) >= 11 is 0. The lowest BCUT2D eigenvalue weighted by molar-refractivity contribution is 0.258. The minimum Gasteiger partial charge on any atom is -0.317 e. The van der Waals surface area contributed by atoms with Gasteiger partial charge in [-0.2, -0.15) is 4.31 Å². The third kappa shape index (κ3) is 7.04. The van der Waals surface area contributed by atoms with Gasteiger partial charge in [0.15, 0.2) is 0 Å². The maximum absolute atomic E-state index is 13.0. The van der Waals surface area contributed by atoms with Gasteiger partial charge in [-0.05, 0) is 62.7 Å². The van der Waals surface area contributed by atoms with Gasteiger partial charge < -0.3 is 5.32 Å². The fourth-order valence-electron chi connectivity index (χ4n) is 3.16. The first-order valence-electron chi connectivity index (χ1n) is 9.38. The molecule has 0 saturated carbocycles. The van der Waals surface area contributed by atoms with E-state index in [1.807, 2.05) is 18.2 Å². The topological polar surface area (TPSA) is 62.3 Å². The second-order valence-corrected chi connectivity index (χ2v) is 10.2. The molecule has 1 aromatic rings. The summed E-state index contributed by atoms with van der Waals surface area (Å²) in [5.41, 5.74) is 1.06. The molecular weight excluding hydrogens is 334 g/mol. The smallest absolute Gasteiger partial charge is 0.214 e. The van der Waals surface area contributed by atoms with Crippen molar-refractivity contribution in [2.24, 2.45) is 5.41 Å². The Bertz CT molecular complexity index is 605. The van der Waals surface area contributed by atoms with Gasteiger partial charge in [0.05, 0.1) is 5.75 Å². The standard InChI is InChI=1S/C19H33N3O2S/c1-19(2,3)11-16-25(23,24)22(18-9-13-20-14-10-18)15-6-8-17-7-4-5-12-21-17/h4-5,7,12,18,20H,6,8-11,13-16H2,1-3H3. The molecule has 2 heterocycles. The molecule has 5 nitrogen and oxygen atoms in total. The summed E-state index contributed by atoms with van der Waals surface area (Å²) in [6, 6.07) is 6.02. The van der Waals surface area contributed by atoms with E-state index in [-0.39, 0.29) is 17.2 Å². The summed E-state index contributed by atoms with van der Waals surface area (Å²) in [6.07, 6.45) is 5.92. The highest BCUT2D eigenvalue weighted by Gasteiger charge is 2.31. The molecule has 0 unspecified atom stereocenters. The number of hydrogen-bond donors (Lipinski definition) is 1. The lowest BCUT2D eigenvalue weighted by Crippen LogP contribution is -2.47. The first kappa shape index (κ1) is 20.3. The van der Waals surface area contributed by atoms with Crippen molar-refractivity contribution in [3.63, 3.8) is 0 Å². The molecule has 142 valence electrons. The van der Waals surface area contributed by atoms with E-state index in [2.05, 4.69) is 31.1 Å². The van der Waals surface area contributed by atoms with Gasteiger partial charge in [-0.15, -0.1) is 0 Å². The van der Waals surface area contributed by atoms with Crippen molar-refractivity contribution in [3.8, 4) is 0 Å². The van der Waals surface area contributed by atoms with Crippen molar-refractivity contribution in [2.45, 2.75) is 58.9 Å². The third-order valence-electron chi connectivity index (χ3n) is 4.72. The molecular formula is C19H33N3O2S. The van der Waals surface area contributed by atoms with Crippen LogP contribution in [-0.2, 0) is 16.4 Å². The first-order valence-corrected chi connectivity index (χ1v) is 11.0. The number of sulfonamides is 1. The summed E-state index contributed by atoms with van der Waals surface area (Å²) in [5, 5.41) is 3.33. The monoisotopic (exact) mass is 367 g/mol. The van der Waals surface area contributed by atoms with E-state index < -0.39 is 10.0 Å². The van der Waals surface area contributed by atoms with Crippen molar-refractivity contribution in [1.29, 1.82) is 0 Å². The molecule has 25 heavy (non-hydrogen) atoms. The second kappa shape index (κ2) is 9.10. The maximum Gasteiger partial charge on any atom is 0.214 e. The van der Waals surface area contributed by atoms with Crippen LogP contribution in [0.2, 0.25) is 0 Å². The molecule has 0 amide bonds. The molecule has 1 aliphatic rings. The quantitative estimate of drug-likeness (QED) is 0.767. The number of pyridine rings is 1. The fraction of sp³-hybridized carbons (Fsp3) is 0.737. The lowest BCUT2D eigenvalue weighted by atomic mass is 9.94. The Balaban J connectivity index is 2.01. The zero-order chi connectivity index (χ0) is 18.3. The zero-order valence-electron chi connectivity index (χ0n) is 15.9. The summed E-state index contributed by atoms with van der Waals surface area (Å²) in [5.74, 6) is 0.240. The summed E-state index contributed by atoms with van der Waals surface area (Å²) in [6.45, 7) is 8.68. The number of nitrogens with one attached hydrogen (secondary N) is 1. The van der Waals surface area contributed by atoms with Gasteiger partial charge in [0.1, 0.15) is 0 Å². The van der Waals surface area contributed by atoms with Gasteiger partial charge in [-0.3, -0.25) is 4.98 Å². The van der Waals surface area contributed by atoms with Crippen LogP contribution in [0, 0.1) is 5.41 Å². The van der Waals surface area contributed by atoms with Crippen molar-refractivity contribution < 1.29 is 8.42 Å². The Labute approximate surface area is 153 Å². The Hall–Kier alpha value is -0.980. The van der Waals surface area contributed by atoms with E-state index in [4.69, 9.17) is 0 Å². The molecule has 1 aliphatic heterocycles. The van der Waals surface area contributed by atoms with Crippen molar-refractivity contribution >= 4 is 10.0 Å². The predicted molar refractivity (Wildman–Crippen MR) is 103 cm³/mol. The summed E-state index contributed by atoms with van der Waals surface area (Å²) in [4.78, 5) is 4.34. The number of aryl methyl sites for hydroxylation is 1. The highest BCUT2D eigenvalue weighted by Crippen LogP contribution is 2.23. The van der Waals surface area contributed by atoms with Gasteiger partial charge in [-0.25, -0.2) is 8.42 Å². The molecule has 1 aromatic heterocycles. The number of rotatable bonds is 8. The minimum absolute atomic E-state index is 0.0286. The molecule has 1 saturated heterocycles. The zero-order valence-corrected chi connectivity index (χ0v) is 16.7. The van der Waals surface area contributed by atoms with E-state index in [1.165, 1.54) is 0 Å². The molecule has 1 fully saturated rings. The van der Waals surface area contributed by atoms with Crippen LogP contribution in [0.15, 0.2) is 24.4 Å². The van der Waals surface area contributed by atoms with Crippen LogP contribution in [0.3, 0.4) is 0 Å². The lowest BCUT2D eigenvalue weighted by Gasteiger charge is -2.34. The van der Waals surface area contributed by atoms with Crippen LogP contribution < -0.4 is 5.32 Å². The van der Waals surface area contributed by atoms with Gasteiger partial charge in [0.25, 0.3) is 0 Å². The van der Waals surface area contributed by atoms with Gasteiger partial charge in [0.2, 0.25) is 10.0 Å². The molecule has 1 N–H and O–H groups in total. The van der Waals surface area contributed by atoms with E-state index in [9.17, 15) is 8.42 Å². The van der Waals surface area contributed by atoms with Crippen molar-refractivity contribution in [3.05, 3.63) is 30.1 Å². The van der Waals surface area contributed by atoms with Gasteiger partial charge >= 0.3 is 0 Å². The number of aromatic nitrogens is 1. The van der Waals surface area contributed by atoms with Crippen LogP contribution in [0.1, 0.15) is 52.1 Å². The molecule has 0 atom stereocenters. The molecule has 0 spiro atoms.